The molecule has 0 saturated heterocycles. The molecule has 2 rings (SSSR count). The van der Waals surface area contributed by atoms with Gasteiger partial charge in [-0.15, -0.1) is 11.3 Å². The van der Waals surface area contributed by atoms with E-state index < -0.39 is 6.10 Å². The molecule has 0 aliphatic heterocycles. The molecule has 1 unspecified atom stereocenters. The summed E-state index contributed by atoms with van der Waals surface area (Å²) in [7, 11) is 0. The lowest BCUT2D eigenvalue weighted by Crippen LogP contribution is -2.03. The third kappa shape index (κ3) is 3.03. The first-order valence-electron chi connectivity index (χ1n) is 5.10. The monoisotopic (exact) mass is 271 g/mol. The molecule has 1 heterocycles. The number of halogens is 2. The number of nitrogens with zero attached hydrogens (tertiary/aromatic N) is 1. The number of aliphatic hydroxyl groups excluding tert-OH is 1. The molecule has 0 saturated carbocycles. The van der Waals surface area contributed by atoms with Crippen molar-refractivity contribution in [1.82, 2.24) is 4.98 Å². The molecule has 2 aromatic rings. The van der Waals surface area contributed by atoms with Crippen LogP contribution in [0.4, 0.5) is 4.39 Å². The number of thiazole rings is 1. The lowest BCUT2D eigenvalue weighted by atomic mass is 10.0. The molecule has 1 aromatic carbocycles. The van der Waals surface area contributed by atoms with E-state index >= 15 is 0 Å². The highest BCUT2D eigenvalue weighted by Crippen LogP contribution is 2.27. The van der Waals surface area contributed by atoms with Crippen molar-refractivity contribution in [2.45, 2.75) is 19.4 Å². The van der Waals surface area contributed by atoms with E-state index in [-0.39, 0.29) is 5.82 Å². The Kier molecular flexibility index (Phi) is 3.76. The van der Waals surface area contributed by atoms with Crippen molar-refractivity contribution in [3.8, 4) is 0 Å². The highest BCUT2D eigenvalue weighted by Gasteiger charge is 2.14. The number of hydrogen-bond acceptors (Lipinski definition) is 3. The minimum atomic E-state index is -0.743. The Morgan fingerprint density at radius 3 is 2.94 bits per heavy atom. The number of rotatable bonds is 3. The SMILES string of the molecule is Cc1ccc(F)cc1CC(O)c1ncc(Cl)s1. The predicted molar refractivity (Wildman–Crippen MR) is 66.9 cm³/mol. The molecular formula is C12H11ClFNOS. The smallest absolute Gasteiger partial charge is 0.123 e. The highest BCUT2D eigenvalue weighted by atomic mass is 35.5. The summed E-state index contributed by atoms with van der Waals surface area (Å²) >= 11 is 6.98. The van der Waals surface area contributed by atoms with Crippen LogP contribution in [0.1, 0.15) is 22.2 Å². The van der Waals surface area contributed by atoms with E-state index in [2.05, 4.69) is 4.98 Å². The van der Waals surface area contributed by atoms with Gasteiger partial charge in [0, 0.05) is 6.42 Å². The summed E-state index contributed by atoms with van der Waals surface area (Å²) in [4.78, 5) is 4.01. The predicted octanol–water partition coefficient (Wildman–Crippen LogP) is 3.52. The minimum absolute atomic E-state index is 0.296. The molecule has 1 aromatic heterocycles. The minimum Gasteiger partial charge on any atom is -0.386 e. The second kappa shape index (κ2) is 5.12. The van der Waals surface area contributed by atoms with Gasteiger partial charge in [0.1, 0.15) is 21.3 Å². The van der Waals surface area contributed by atoms with E-state index in [1.54, 1.807) is 6.07 Å². The van der Waals surface area contributed by atoms with Crippen LogP contribution in [0.25, 0.3) is 0 Å². The summed E-state index contributed by atoms with van der Waals surface area (Å²) in [6, 6.07) is 4.55. The third-order valence-corrected chi connectivity index (χ3v) is 3.72. The molecule has 1 N–H and O–H groups in total. The van der Waals surface area contributed by atoms with Gasteiger partial charge in [-0.3, -0.25) is 0 Å². The fourth-order valence-electron chi connectivity index (χ4n) is 1.58. The molecule has 0 fully saturated rings. The maximum Gasteiger partial charge on any atom is 0.123 e. The zero-order valence-electron chi connectivity index (χ0n) is 9.15. The van der Waals surface area contributed by atoms with Crippen molar-refractivity contribution in [2.24, 2.45) is 0 Å². The number of aromatic nitrogens is 1. The standard InChI is InChI=1S/C12H11ClFNOS/c1-7-2-3-9(14)4-8(7)5-10(16)12-15-6-11(13)17-12/h2-4,6,10,16H,5H2,1H3. The highest BCUT2D eigenvalue weighted by molar-refractivity contribution is 7.15. The Morgan fingerprint density at radius 2 is 2.29 bits per heavy atom. The molecule has 90 valence electrons. The maximum absolute atomic E-state index is 13.1. The number of aliphatic hydroxyl groups is 1. The summed E-state index contributed by atoms with van der Waals surface area (Å²) in [6.07, 6.45) is 1.10. The number of aryl methyl sites for hydroxylation is 1. The van der Waals surface area contributed by atoms with E-state index in [0.29, 0.717) is 15.8 Å². The molecule has 0 aliphatic carbocycles. The zero-order valence-corrected chi connectivity index (χ0v) is 10.7. The van der Waals surface area contributed by atoms with Gasteiger partial charge in [0.25, 0.3) is 0 Å². The third-order valence-electron chi connectivity index (χ3n) is 2.50. The second-order valence-corrected chi connectivity index (χ2v) is 5.49. The van der Waals surface area contributed by atoms with Gasteiger partial charge in [-0.05, 0) is 30.2 Å². The van der Waals surface area contributed by atoms with Crippen molar-refractivity contribution in [3.63, 3.8) is 0 Å². The summed E-state index contributed by atoms with van der Waals surface area (Å²) in [5.41, 5.74) is 1.73. The van der Waals surface area contributed by atoms with E-state index in [1.165, 1.54) is 29.7 Å². The van der Waals surface area contributed by atoms with Gasteiger partial charge in [0.05, 0.1) is 6.20 Å². The van der Waals surface area contributed by atoms with Gasteiger partial charge in [-0.1, -0.05) is 17.7 Å². The zero-order chi connectivity index (χ0) is 12.4. The first-order valence-corrected chi connectivity index (χ1v) is 6.30. The van der Waals surface area contributed by atoms with E-state index in [9.17, 15) is 9.50 Å². The average Bonchev–Trinajstić information content (AvgIpc) is 2.70. The van der Waals surface area contributed by atoms with Gasteiger partial charge in [-0.25, -0.2) is 9.37 Å². The molecule has 17 heavy (non-hydrogen) atoms. The topological polar surface area (TPSA) is 33.1 Å². The summed E-state index contributed by atoms with van der Waals surface area (Å²) in [6.45, 7) is 1.89. The molecule has 0 spiro atoms. The Hall–Kier alpha value is -0.970. The fraction of sp³-hybridized carbons (Fsp3) is 0.250. The lowest BCUT2D eigenvalue weighted by molar-refractivity contribution is 0.177. The Labute approximate surface area is 108 Å². The Bertz CT molecular complexity index is 529. The summed E-state index contributed by atoms with van der Waals surface area (Å²) in [5, 5.41) is 10.5. The maximum atomic E-state index is 13.1. The normalized spacial score (nSPS) is 12.7. The molecule has 2 nitrogen and oxygen atoms in total. The van der Waals surface area contributed by atoms with Crippen molar-refractivity contribution < 1.29 is 9.50 Å². The van der Waals surface area contributed by atoms with E-state index in [1.807, 2.05) is 6.92 Å². The lowest BCUT2D eigenvalue weighted by Gasteiger charge is -2.10. The molecule has 1 atom stereocenters. The summed E-state index contributed by atoms with van der Waals surface area (Å²) < 4.78 is 13.6. The average molecular weight is 272 g/mol. The van der Waals surface area contributed by atoms with Crippen LogP contribution in [-0.2, 0) is 6.42 Å². The van der Waals surface area contributed by atoms with Crippen LogP contribution in [0.15, 0.2) is 24.4 Å². The van der Waals surface area contributed by atoms with Crippen LogP contribution in [0.5, 0.6) is 0 Å². The van der Waals surface area contributed by atoms with Crippen molar-refractivity contribution in [1.29, 1.82) is 0 Å². The van der Waals surface area contributed by atoms with Crippen molar-refractivity contribution >= 4 is 22.9 Å². The van der Waals surface area contributed by atoms with Crippen molar-refractivity contribution in [2.75, 3.05) is 0 Å². The van der Waals surface area contributed by atoms with Crippen LogP contribution in [-0.4, -0.2) is 10.1 Å². The second-order valence-electron chi connectivity index (χ2n) is 3.79. The largest absolute Gasteiger partial charge is 0.386 e. The summed E-state index contributed by atoms with van der Waals surface area (Å²) in [5.74, 6) is -0.296. The molecule has 5 heteroatoms. The van der Waals surface area contributed by atoms with Crippen LogP contribution in [0.3, 0.4) is 0 Å². The van der Waals surface area contributed by atoms with Crippen LogP contribution in [0.2, 0.25) is 4.34 Å². The first kappa shape index (κ1) is 12.5. The number of benzene rings is 1. The molecule has 0 radical (unpaired) electrons. The van der Waals surface area contributed by atoms with Crippen LogP contribution in [0, 0.1) is 12.7 Å². The fourth-order valence-corrected chi connectivity index (χ4v) is 2.49. The molecule has 0 bridgehead atoms. The Morgan fingerprint density at radius 1 is 1.53 bits per heavy atom. The Balaban J connectivity index is 2.18. The van der Waals surface area contributed by atoms with Gasteiger partial charge in [-0.2, -0.15) is 0 Å². The molecule has 0 aliphatic rings. The van der Waals surface area contributed by atoms with E-state index in [4.69, 9.17) is 11.6 Å². The molecular weight excluding hydrogens is 261 g/mol. The molecule has 0 amide bonds. The number of hydrogen-bond donors (Lipinski definition) is 1. The van der Waals surface area contributed by atoms with E-state index in [0.717, 1.165) is 11.1 Å². The van der Waals surface area contributed by atoms with Crippen LogP contribution >= 0.6 is 22.9 Å². The van der Waals surface area contributed by atoms with Gasteiger partial charge < -0.3 is 5.11 Å². The van der Waals surface area contributed by atoms with Gasteiger partial charge in [0.15, 0.2) is 0 Å². The van der Waals surface area contributed by atoms with Crippen LogP contribution < -0.4 is 0 Å². The quantitative estimate of drug-likeness (QED) is 0.927. The van der Waals surface area contributed by atoms with Crippen molar-refractivity contribution in [3.05, 3.63) is 50.7 Å². The van der Waals surface area contributed by atoms with Gasteiger partial charge >= 0.3 is 0 Å². The van der Waals surface area contributed by atoms with Gasteiger partial charge in [0.2, 0.25) is 0 Å². The first-order chi connectivity index (χ1) is 8.06.